The number of nitrogens with zero attached hydrogens (tertiary/aromatic N) is 2. The summed E-state index contributed by atoms with van der Waals surface area (Å²) in [5.41, 5.74) is 3.43. The number of fused-ring (bicyclic) bond motifs is 1. The van der Waals surface area contributed by atoms with Crippen molar-refractivity contribution in [3.63, 3.8) is 0 Å². The lowest BCUT2D eigenvalue weighted by atomic mass is 10.1. The average Bonchev–Trinajstić information content (AvgIpc) is 3.35. The number of nitrogens with one attached hydrogen (secondary N) is 1. The molecule has 0 bridgehead atoms. The van der Waals surface area contributed by atoms with Crippen LogP contribution in [0.4, 0.5) is 11.4 Å². The Morgan fingerprint density at radius 1 is 1.00 bits per heavy atom. The normalized spacial score (nSPS) is 16.1. The highest BCUT2D eigenvalue weighted by molar-refractivity contribution is 7.92. The number of rotatable bonds is 7. The fourth-order valence-electron chi connectivity index (χ4n) is 3.99. The number of carbonyl (C=O) groups excluding carboxylic acids is 2. The van der Waals surface area contributed by atoms with Crippen LogP contribution in [0.25, 0.3) is 0 Å². The number of carbonyl (C=O) groups is 2. The van der Waals surface area contributed by atoms with E-state index >= 15 is 0 Å². The zero-order chi connectivity index (χ0) is 21.1. The lowest BCUT2D eigenvalue weighted by Crippen LogP contribution is -2.37. The third kappa shape index (κ3) is 4.33. The minimum Gasteiger partial charge on any atom is -0.355 e. The van der Waals surface area contributed by atoms with Crippen molar-refractivity contribution in [2.24, 2.45) is 0 Å². The van der Waals surface area contributed by atoms with E-state index in [9.17, 15) is 18.0 Å². The van der Waals surface area contributed by atoms with Crippen LogP contribution in [0.2, 0.25) is 0 Å². The molecule has 2 amide bonds. The maximum atomic E-state index is 12.7. The minimum absolute atomic E-state index is 0.0696. The van der Waals surface area contributed by atoms with Gasteiger partial charge in [0.1, 0.15) is 0 Å². The second-order valence-electron chi connectivity index (χ2n) is 7.61. The topological polar surface area (TPSA) is 86.8 Å². The molecule has 8 heteroatoms. The van der Waals surface area contributed by atoms with Crippen LogP contribution in [-0.4, -0.2) is 45.6 Å². The Morgan fingerprint density at radius 2 is 1.77 bits per heavy atom. The third-order valence-corrected chi connectivity index (χ3v) is 7.32. The van der Waals surface area contributed by atoms with Crippen LogP contribution in [0, 0.1) is 0 Å². The molecule has 30 heavy (non-hydrogen) atoms. The van der Waals surface area contributed by atoms with Gasteiger partial charge in [0.2, 0.25) is 21.8 Å². The molecule has 0 aromatic heterocycles. The molecule has 0 atom stereocenters. The lowest BCUT2D eigenvalue weighted by Gasteiger charge is -2.19. The number of benzene rings is 2. The van der Waals surface area contributed by atoms with Gasteiger partial charge < -0.3 is 10.2 Å². The van der Waals surface area contributed by atoms with E-state index in [1.165, 1.54) is 4.31 Å². The molecule has 158 valence electrons. The summed E-state index contributed by atoms with van der Waals surface area (Å²) in [4.78, 5) is 25.8. The van der Waals surface area contributed by atoms with E-state index in [0.717, 1.165) is 35.5 Å². The van der Waals surface area contributed by atoms with Crippen molar-refractivity contribution in [2.45, 2.75) is 25.7 Å². The zero-order valence-electron chi connectivity index (χ0n) is 16.7. The van der Waals surface area contributed by atoms with Gasteiger partial charge in [-0.15, -0.1) is 0 Å². The molecule has 4 rings (SSSR count). The molecule has 1 fully saturated rings. The molecular formula is C22H25N3O4S. The van der Waals surface area contributed by atoms with Gasteiger partial charge in [-0.1, -0.05) is 30.3 Å². The molecule has 0 unspecified atom stereocenters. The van der Waals surface area contributed by atoms with Crippen molar-refractivity contribution < 1.29 is 18.0 Å². The number of hydrogen-bond acceptors (Lipinski definition) is 4. The number of sulfonamides is 1. The Kier molecular flexibility index (Phi) is 5.76. The summed E-state index contributed by atoms with van der Waals surface area (Å²) in [6.07, 6.45) is 2.33. The number of anilines is 2. The van der Waals surface area contributed by atoms with Gasteiger partial charge in [-0.2, -0.15) is 0 Å². The van der Waals surface area contributed by atoms with Gasteiger partial charge in [0, 0.05) is 31.7 Å². The van der Waals surface area contributed by atoms with Crippen LogP contribution in [0.1, 0.15) is 24.0 Å². The smallest absolute Gasteiger partial charge is 0.236 e. The zero-order valence-corrected chi connectivity index (χ0v) is 17.5. The third-order valence-electron chi connectivity index (χ3n) is 5.55. The SMILES string of the molecule is O=C(Cc1ccc(N2CCCC2=O)cc1)NCCS(=O)(=O)N1CCc2ccccc21. The lowest BCUT2D eigenvalue weighted by molar-refractivity contribution is -0.120. The Bertz CT molecular complexity index is 1050. The van der Waals surface area contributed by atoms with Crippen LogP contribution >= 0.6 is 0 Å². The van der Waals surface area contributed by atoms with Crippen molar-refractivity contribution in [3.8, 4) is 0 Å². The molecule has 2 aromatic rings. The number of amides is 2. The van der Waals surface area contributed by atoms with Crippen LogP contribution in [0.5, 0.6) is 0 Å². The second kappa shape index (κ2) is 8.47. The van der Waals surface area contributed by atoms with E-state index in [-0.39, 0.29) is 30.5 Å². The van der Waals surface area contributed by atoms with Gasteiger partial charge in [0.05, 0.1) is 17.9 Å². The molecule has 2 heterocycles. The Balaban J connectivity index is 1.27. The molecule has 0 radical (unpaired) electrons. The van der Waals surface area contributed by atoms with Crippen LogP contribution in [0.3, 0.4) is 0 Å². The molecule has 7 nitrogen and oxygen atoms in total. The minimum atomic E-state index is -3.48. The number of para-hydroxylation sites is 1. The Hall–Kier alpha value is -2.87. The quantitative estimate of drug-likeness (QED) is 0.731. The standard InChI is InChI=1S/C22H25N3O4S/c26-21(16-17-7-9-19(10-8-17)24-13-3-6-22(24)27)23-12-15-30(28,29)25-14-11-18-4-1-2-5-20(18)25/h1-2,4-5,7-10H,3,6,11-16H2,(H,23,26). The molecule has 1 saturated heterocycles. The molecule has 2 aliphatic heterocycles. The van der Waals surface area contributed by atoms with Crippen molar-refractivity contribution in [1.29, 1.82) is 0 Å². The summed E-state index contributed by atoms with van der Waals surface area (Å²) in [5.74, 6) is -0.234. The molecule has 1 N–H and O–H groups in total. The Morgan fingerprint density at radius 3 is 2.50 bits per heavy atom. The second-order valence-corrected chi connectivity index (χ2v) is 9.62. The van der Waals surface area contributed by atoms with Gasteiger partial charge in [-0.05, 0) is 42.2 Å². The van der Waals surface area contributed by atoms with Gasteiger partial charge >= 0.3 is 0 Å². The largest absolute Gasteiger partial charge is 0.355 e. The van der Waals surface area contributed by atoms with Gasteiger partial charge in [-0.25, -0.2) is 8.42 Å². The van der Waals surface area contributed by atoms with Gasteiger partial charge in [0.15, 0.2) is 0 Å². The summed E-state index contributed by atoms with van der Waals surface area (Å²) < 4.78 is 26.8. The van der Waals surface area contributed by atoms with E-state index in [2.05, 4.69) is 5.32 Å². The molecule has 0 spiro atoms. The highest BCUT2D eigenvalue weighted by Crippen LogP contribution is 2.29. The first-order valence-corrected chi connectivity index (χ1v) is 11.8. The Labute approximate surface area is 176 Å². The molecule has 2 aromatic carbocycles. The fourth-order valence-corrected chi connectivity index (χ4v) is 5.42. The van der Waals surface area contributed by atoms with E-state index in [1.807, 2.05) is 48.5 Å². The number of hydrogen-bond donors (Lipinski definition) is 1. The summed E-state index contributed by atoms with van der Waals surface area (Å²) in [5, 5.41) is 2.70. The van der Waals surface area contributed by atoms with Gasteiger partial charge in [0.25, 0.3) is 0 Å². The maximum Gasteiger partial charge on any atom is 0.236 e. The van der Waals surface area contributed by atoms with Gasteiger partial charge in [-0.3, -0.25) is 13.9 Å². The van der Waals surface area contributed by atoms with Crippen LogP contribution < -0.4 is 14.5 Å². The van der Waals surface area contributed by atoms with Crippen LogP contribution in [0.15, 0.2) is 48.5 Å². The average molecular weight is 428 g/mol. The fraction of sp³-hybridized carbons (Fsp3) is 0.364. The van der Waals surface area contributed by atoms with Crippen LogP contribution in [-0.2, 0) is 32.5 Å². The monoisotopic (exact) mass is 427 g/mol. The van der Waals surface area contributed by atoms with E-state index in [4.69, 9.17) is 0 Å². The summed E-state index contributed by atoms with van der Waals surface area (Å²) >= 11 is 0. The first kappa shape index (κ1) is 20.4. The van der Waals surface area contributed by atoms with E-state index < -0.39 is 10.0 Å². The molecular weight excluding hydrogens is 402 g/mol. The molecule has 0 aliphatic carbocycles. The molecule has 2 aliphatic rings. The summed E-state index contributed by atoms with van der Waals surface area (Å²) in [6.45, 7) is 1.25. The molecule has 0 saturated carbocycles. The first-order chi connectivity index (χ1) is 14.4. The van der Waals surface area contributed by atoms with Crippen molar-refractivity contribution in [3.05, 3.63) is 59.7 Å². The summed E-state index contributed by atoms with van der Waals surface area (Å²) in [6, 6.07) is 14.9. The van der Waals surface area contributed by atoms with Crippen molar-refractivity contribution in [2.75, 3.05) is 34.6 Å². The highest BCUT2D eigenvalue weighted by atomic mass is 32.2. The summed E-state index contributed by atoms with van der Waals surface area (Å²) in [7, 11) is -3.48. The highest BCUT2D eigenvalue weighted by Gasteiger charge is 2.28. The predicted octanol–water partition coefficient (Wildman–Crippen LogP) is 1.86. The maximum absolute atomic E-state index is 12.7. The van der Waals surface area contributed by atoms with E-state index in [0.29, 0.717) is 19.4 Å². The predicted molar refractivity (Wildman–Crippen MR) is 116 cm³/mol. The van der Waals surface area contributed by atoms with Crippen molar-refractivity contribution in [1.82, 2.24) is 5.32 Å². The first-order valence-electron chi connectivity index (χ1n) is 10.2. The van der Waals surface area contributed by atoms with Crippen molar-refractivity contribution >= 4 is 33.2 Å². The van der Waals surface area contributed by atoms with E-state index in [1.54, 1.807) is 4.90 Å².